The zero-order valence-electron chi connectivity index (χ0n) is 24.2. The van der Waals surface area contributed by atoms with Gasteiger partial charge in [-0.05, 0) is 69.6 Å². The SMILES string of the molecule is C/C(=C\c1csc(C)n1)[C@@H]1C/C=C2\CCC[C@H](C)[C@H](O)[C@@H](C)C(=O)[C@](C)(C/C=C/CC(=O)OC2)[C@@H](O)CC(=O)O1. The molecule has 2 N–H and O–H groups in total. The molecule has 1 aromatic heterocycles. The first-order valence-corrected chi connectivity index (χ1v) is 15.0. The van der Waals surface area contributed by atoms with E-state index in [9.17, 15) is 24.6 Å². The molecule has 0 radical (unpaired) electrons. The maximum absolute atomic E-state index is 13.8. The van der Waals surface area contributed by atoms with Crippen molar-refractivity contribution in [3.63, 3.8) is 0 Å². The summed E-state index contributed by atoms with van der Waals surface area (Å²) >= 11 is 1.53. The Hall–Kier alpha value is -2.62. The number of ether oxygens (including phenoxy) is 2. The van der Waals surface area contributed by atoms with Crippen molar-refractivity contribution in [3.05, 3.63) is 45.5 Å². The number of aliphatic hydroxyl groups excluding tert-OH is 2. The third kappa shape index (κ3) is 8.44. The van der Waals surface area contributed by atoms with Crippen LogP contribution in [0.4, 0.5) is 0 Å². The molecule has 6 atom stereocenters. The Morgan fingerprint density at radius 2 is 1.93 bits per heavy atom. The number of hydrogen-bond donors (Lipinski definition) is 2. The Morgan fingerprint density at radius 3 is 2.62 bits per heavy atom. The third-order valence-electron chi connectivity index (χ3n) is 8.15. The molecule has 220 valence electrons. The van der Waals surface area contributed by atoms with E-state index in [-0.39, 0.29) is 43.5 Å². The molecular formula is C31H43NO7S. The van der Waals surface area contributed by atoms with E-state index >= 15 is 0 Å². The Labute approximate surface area is 241 Å². The smallest absolute Gasteiger partial charge is 0.309 e. The van der Waals surface area contributed by atoms with Gasteiger partial charge in [-0.2, -0.15) is 0 Å². The fourth-order valence-electron chi connectivity index (χ4n) is 5.33. The minimum absolute atomic E-state index is 0.0302. The first-order valence-electron chi connectivity index (χ1n) is 14.1. The van der Waals surface area contributed by atoms with E-state index in [0.29, 0.717) is 19.3 Å². The lowest BCUT2D eigenvalue weighted by Crippen LogP contribution is -2.47. The lowest BCUT2D eigenvalue weighted by molar-refractivity contribution is -0.154. The average molecular weight is 574 g/mol. The van der Waals surface area contributed by atoms with Crippen LogP contribution in [-0.4, -0.2) is 57.8 Å². The highest BCUT2D eigenvalue weighted by Gasteiger charge is 2.45. The zero-order valence-corrected chi connectivity index (χ0v) is 25.0. The van der Waals surface area contributed by atoms with Crippen LogP contribution in [0.25, 0.3) is 6.08 Å². The minimum atomic E-state index is -1.38. The second kappa shape index (κ2) is 14.3. The molecule has 9 heteroatoms. The first kappa shape index (κ1) is 31.9. The summed E-state index contributed by atoms with van der Waals surface area (Å²) in [5.41, 5.74) is 1.08. The molecule has 0 amide bonds. The molecule has 0 fully saturated rings. The normalized spacial score (nSPS) is 34.3. The molecule has 4 heterocycles. The van der Waals surface area contributed by atoms with E-state index < -0.39 is 35.6 Å². The predicted octanol–water partition coefficient (Wildman–Crippen LogP) is 5.12. The maximum atomic E-state index is 13.8. The average Bonchev–Trinajstić information content (AvgIpc) is 3.32. The van der Waals surface area contributed by atoms with Crippen molar-refractivity contribution in [2.75, 3.05) is 6.61 Å². The number of thiazole rings is 1. The molecule has 2 bridgehead atoms. The third-order valence-corrected chi connectivity index (χ3v) is 8.94. The van der Waals surface area contributed by atoms with Gasteiger partial charge < -0.3 is 19.7 Å². The van der Waals surface area contributed by atoms with E-state index in [1.165, 1.54) is 11.3 Å². The van der Waals surface area contributed by atoms with Crippen LogP contribution in [0, 0.1) is 24.2 Å². The van der Waals surface area contributed by atoms with E-state index in [4.69, 9.17) is 9.47 Å². The molecule has 0 saturated carbocycles. The molecule has 3 aliphatic rings. The standard InChI is InChI=1S/C31H43NO7S/c1-19-9-8-10-23-12-13-25(20(2)15-24-18-40-22(4)32-24)39-28(35)16-26(33)31(5,30(37)21(3)29(19)36)14-7-6-11-27(34)38-17-23/h6-7,12,15,18-19,21,25-26,29,33,36H,8-11,13-14,16-17H2,1-5H3/b7-6+,20-15+,23-12+/t19-,21+,25-,26-,29-,31+/m0/s1. The molecule has 40 heavy (non-hydrogen) atoms. The summed E-state index contributed by atoms with van der Waals surface area (Å²) in [6, 6.07) is 0. The van der Waals surface area contributed by atoms with Crippen LogP contribution < -0.4 is 0 Å². The van der Waals surface area contributed by atoms with Gasteiger partial charge in [0, 0.05) is 17.7 Å². The number of hydrogen-bond acceptors (Lipinski definition) is 9. The van der Waals surface area contributed by atoms with E-state index in [2.05, 4.69) is 4.98 Å². The topological polar surface area (TPSA) is 123 Å². The number of aromatic nitrogens is 1. The van der Waals surface area contributed by atoms with Crippen molar-refractivity contribution < 1.29 is 34.1 Å². The quantitative estimate of drug-likeness (QED) is 0.369. The number of allylic oxidation sites excluding steroid dienone is 1. The molecule has 0 unspecified atom stereocenters. The van der Waals surface area contributed by atoms with Gasteiger partial charge in [0.05, 0.1) is 41.2 Å². The second-order valence-corrected chi connectivity index (χ2v) is 12.5. The van der Waals surface area contributed by atoms with Crippen molar-refractivity contribution >= 4 is 35.1 Å². The van der Waals surface area contributed by atoms with Crippen LogP contribution in [0.15, 0.2) is 34.8 Å². The number of rotatable bonds is 2. The van der Waals surface area contributed by atoms with Gasteiger partial charge in [0.25, 0.3) is 0 Å². The predicted molar refractivity (Wildman–Crippen MR) is 154 cm³/mol. The van der Waals surface area contributed by atoms with Crippen molar-refractivity contribution in [3.8, 4) is 0 Å². The molecule has 0 spiro atoms. The van der Waals surface area contributed by atoms with Crippen LogP contribution in [-0.2, 0) is 23.9 Å². The van der Waals surface area contributed by atoms with E-state index in [0.717, 1.165) is 28.3 Å². The Balaban J connectivity index is 2.06. The summed E-state index contributed by atoms with van der Waals surface area (Å²) in [5.74, 6) is -2.25. The van der Waals surface area contributed by atoms with Gasteiger partial charge in [-0.3, -0.25) is 14.4 Å². The van der Waals surface area contributed by atoms with Crippen LogP contribution in [0.2, 0.25) is 0 Å². The van der Waals surface area contributed by atoms with Crippen LogP contribution in [0.5, 0.6) is 0 Å². The number of nitrogens with zero attached hydrogens (tertiary/aromatic N) is 1. The molecule has 8 nitrogen and oxygen atoms in total. The summed E-state index contributed by atoms with van der Waals surface area (Å²) in [7, 11) is 0. The Morgan fingerprint density at radius 1 is 1.18 bits per heavy atom. The monoisotopic (exact) mass is 573 g/mol. The highest BCUT2D eigenvalue weighted by molar-refractivity contribution is 7.09. The highest BCUT2D eigenvalue weighted by atomic mass is 32.1. The number of carbonyl (C=O) groups excluding carboxylic acids is 3. The highest BCUT2D eigenvalue weighted by Crippen LogP contribution is 2.36. The number of carbonyl (C=O) groups is 3. The summed E-state index contributed by atoms with van der Waals surface area (Å²) in [5, 5.41) is 25.2. The van der Waals surface area contributed by atoms with Crippen LogP contribution in [0.3, 0.4) is 0 Å². The van der Waals surface area contributed by atoms with Gasteiger partial charge in [0.15, 0.2) is 0 Å². The summed E-state index contributed by atoms with van der Waals surface area (Å²) in [6.07, 6.45) is 6.36. The lowest BCUT2D eigenvalue weighted by atomic mass is 9.69. The number of aryl methyl sites for hydroxylation is 1. The van der Waals surface area contributed by atoms with Gasteiger partial charge in [0.2, 0.25) is 0 Å². The van der Waals surface area contributed by atoms with Crippen molar-refractivity contribution in [1.82, 2.24) is 4.98 Å². The summed E-state index contributed by atoms with van der Waals surface area (Å²) < 4.78 is 11.4. The lowest BCUT2D eigenvalue weighted by Gasteiger charge is -2.37. The Kier molecular flexibility index (Phi) is 11.4. The summed E-state index contributed by atoms with van der Waals surface area (Å²) in [4.78, 5) is 43.9. The zero-order chi connectivity index (χ0) is 29.4. The van der Waals surface area contributed by atoms with Crippen LogP contribution in [0.1, 0.15) is 83.3 Å². The van der Waals surface area contributed by atoms with Crippen LogP contribution >= 0.6 is 11.3 Å². The second-order valence-electron chi connectivity index (χ2n) is 11.4. The van der Waals surface area contributed by atoms with Crippen molar-refractivity contribution in [2.45, 2.75) is 97.9 Å². The van der Waals surface area contributed by atoms with Gasteiger partial charge in [0.1, 0.15) is 18.5 Å². The van der Waals surface area contributed by atoms with E-state index in [1.807, 2.05) is 38.3 Å². The molecular weight excluding hydrogens is 530 g/mol. The molecule has 0 aliphatic carbocycles. The largest absolute Gasteiger partial charge is 0.461 e. The van der Waals surface area contributed by atoms with Gasteiger partial charge in [-0.25, -0.2) is 4.98 Å². The number of aliphatic hydroxyl groups is 2. The van der Waals surface area contributed by atoms with Crippen molar-refractivity contribution in [1.29, 1.82) is 0 Å². The van der Waals surface area contributed by atoms with E-state index in [1.54, 1.807) is 26.0 Å². The fourth-order valence-corrected chi connectivity index (χ4v) is 5.90. The summed E-state index contributed by atoms with van der Waals surface area (Å²) in [6.45, 7) is 9.12. The molecule has 4 rings (SSSR count). The van der Waals surface area contributed by atoms with Gasteiger partial charge >= 0.3 is 11.9 Å². The number of Topliss-reactive ketones (excluding diaryl/α,β-unsaturated/α-hetero) is 1. The molecule has 3 aliphatic heterocycles. The first-order chi connectivity index (χ1) is 18.9. The van der Waals surface area contributed by atoms with Gasteiger partial charge in [-0.1, -0.05) is 32.1 Å². The molecule has 0 aromatic carbocycles. The number of fused-ring (bicyclic) bond motifs is 17. The molecule has 0 saturated heterocycles. The fraction of sp³-hybridized carbons (Fsp3) is 0.613. The Bertz CT molecular complexity index is 1150. The minimum Gasteiger partial charge on any atom is -0.461 e. The van der Waals surface area contributed by atoms with Crippen molar-refractivity contribution in [2.24, 2.45) is 17.3 Å². The number of ketones is 1. The number of esters is 2. The maximum Gasteiger partial charge on any atom is 0.309 e. The van der Waals surface area contributed by atoms with Gasteiger partial charge in [-0.15, -0.1) is 11.3 Å². The molecule has 1 aromatic rings.